The van der Waals surface area contributed by atoms with E-state index in [1.807, 2.05) is 6.07 Å². The zero-order chi connectivity index (χ0) is 19.4. The molecule has 0 radical (unpaired) electrons. The predicted octanol–water partition coefficient (Wildman–Crippen LogP) is 3.98. The first-order valence-corrected chi connectivity index (χ1v) is 7.54. The van der Waals surface area contributed by atoms with Crippen molar-refractivity contribution in [3.63, 3.8) is 0 Å². The molecule has 0 spiro atoms. The van der Waals surface area contributed by atoms with Crippen LogP contribution in [-0.4, -0.2) is 16.1 Å². The van der Waals surface area contributed by atoms with E-state index >= 15 is 0 Å². The molecular formula is C18H10F3N3O3. The average Bonchev–Trinajstić information content (AvgIpc) is 3.14. The van der Waals surface area contributed by atoms with Crippen LogP contribution < -0.4 is 0 Å². The summed E-state index contributed by atoms with van der Waals surface area (Å²) in [7, 11) is 0. The number of ether oxygens (including phenoxy) is 1. The minimum absolute atomic E-state index is 0.00751. The largest absolute Gasteiger partial charge is 0.452 e. The number of aromatic nitrogens is 2. The summed E-state index contributed by atoms with van der Waals surface area (Å²) in [6.07, 6.45) is -4.43. The Kier molecular flexibility index (Phi) is 4.90. The predicted molar refractivity (Wildman–Crippen MR) is 85.0 cm³/mol. The van der Waals surface area contributed by atoms with Gasteiger partial charge in [-0.1, -0.05) is 17.3 Å². The van der Waals surface area contributed by atoms with Crippen molar-refractivity contribution in [1.82, 2.24) is 10.1 Å². The first-order valence-electron chi connectivity index (χ1n) is 7.54. The number of nitrogens with zero attached hydrogens (tertiary/aromatic N) is 3. The van der Waals surface area contributed by atoms with Crippen molar-refractivity contribution in [2.45, 2.75) is 12.8 Å². The molecule has 0 aliphatic heterocycles. The zero-order valence-electron chi connectivity index (χ0n) is 13.5. The number of carbonyl (C=O) groups is 1. The Bertz CT molecular complexity index is 988. The van der Waals surface area contributed by atoms with Crippen molar-refractivity contribution in [1.29, 1.82) is 5.26 Å². The first-order chi connectivity index (χ1) is 12.9. The van der Waals surface area contributed by atoms with Crippen LogP contribution in [0.2, 0.25) is 0 Å². The van der Waals surface area contributed by atoms with Crippen LogP contribution >= 0.6 is 0 Å². The van der Waals surface area contributed by atoms with E-state index in [9.17, 15) is 18.0 Å². The topological polar surface area (TPSA) is 89.0 Å². The van der Waals surface area contributed by atoms with Crippen LogP contribution in [0.4, 0.5) is 13.2 Å². The molecule has 1 aromatic heterocycles. The molecule has 9 heteroatoms. The summed E-state index contributed by atoms with van der Waals surface area (Å²) in [5, 5.41) is 12.4. The van der Waals surface area contributed by atoms with Gasteiger partial charge in [0.2, 0.25) is 5.82 Å². The van der Waals surface area contributed by atoms with Crippen molar-refractivity contribution < 1.29 is 27.2 Å². The Labute approximate surface area is 150 Å². The van der Waals surface area contributed by atoms with Gasteiger partial charge in [0.25, 0.3) is 5.89 Å². The third-order valence-corrected chi connectivity index (χ3v) is 3.51. The van der Waals surface area contributed by atoms with Crippen LogP contribution in [0.3, 0.4) is 0 Å². The SMILES string of the molecule is N#Cc1ccc(C(=O)OCc2nc(-c3ccc(C(F)(F)F)cc3)no2)cc1. The highest BCUT2D eigenvalue weighted by Crippen LogP contribution is 2.30. The number of rotatable bonds is 4. The highest BCUT2D eigenvalue weighted by molar-refractivity contribution is 5.89. The van der Waals surface area contributed by atoms with Crippen LogP contribution in [-0.2, 0) is 17.5 Å². The molecule has 1 heterocycles. The highest BCUT2D eigenvalue weighted by Gasteiger charge is 2.30. The Hall–Kier alpha value is -3.67. The average molecular weight is 373 g/mol. The highest BCUT2D eigenvalue weighted by atomic mass is 19.4. The monoisotopic (exact) mass is 373 g/mol. The summed E-state index contributed by atoms with van der Waals surface area (Å²) in [5.41, 5.74) is 0.198. The second-order valence-corrected chi connectivity index (χ2v) is 5.35. The molecule has 0 bridgehead atoms. The minimum Gasteiger partial charge on any atom is -0.452 e. The molecule has 0 amide bonds. The lowest BCUT2D eigenvalue weighted by Crippen LogP contribution is -2.05. The molecule has 0 saturated carbocycles. The van der Waals surface area contributed by atoms with Gasteiger partial charge < -0.3 is 9.26 Å². The van der Waals surface area contributed by atoms with Gasteiger partial charge in [-0.2, -0.15) is 23.4 Å². The molecule has 0 saturated heterocycles. The maximum atomic E-state index is 12.6. The molecule has 0 aliphatic rings. The Morgan fingerprint density at radius 1 is 1.11 bits per heavy atom. The van der Waals surface area contributed by atoms with Gasteiger partial charge in [0, 0.05) is 5.56 Å². The van der Waals surface area contributed by atoms with Crippen molar-refractivity contribution in [3.05, 3.63) is 71.1 Å². The van der Waals surface area contributed by atoms with Gasteiger partial charge in [0.1, 0.15) is 0 Å². The maximum Gasteiger partial charge on any atom is 0.416 e. The molecule has 3 rings (SSSR count). The Morgan fingerprint density at radius 2 is 1.78 bits per heavy atom. The quantitative estimate of drug-likeness (QED) is 0.643. The van der Waals surface area contributed by atoms with Gasteiger partial charge >= 0.3 is 12.1 Å². The van der Waals surface area contributed by atoms with Crippen LogP contribution in [0.15, 0.2) is 53.1 Å². The fourth-order valence-electron chi connectivity index (χ4n) is 2.13. The number of esters is 1. The number of alkyl halides is 3. The standard InChI is InChI=1S/C18H10F3N3O3/c19-18(20,21)14-7-5-12(6-8-14)16-23-15(27-24-16)10-26-17(25)13-3-1-11(9-22)2-4-13/h1-8H,10H2. The van der Waals surface area contributed by atoms with Gasteiger partial charge in [-0.25, -0.2) is 4.79 Å². The summed E-state index contributed by atoms with van der Waals surface area (Å²) in [6.45, 7) is -0.299. The summed E-state index contributed by atoms with van der Waals surface area (Å²) in [4.78, 5) is 15.9. The summed E-state index contributed by atoms with van der Waals surface area (Å²) in [6, 6.07) is 12.1. The second kappa shape index (κ2) is 7.29. The molecule has 6 nitrogen and oxygen atoms in total. The second-order valence-electron chi connectivity index (χ2n) is 5.35. The van der Waals surface area contributed by atoms with Gasteiger partial charge in [-0.3, -0.25) is 0 Å². The fraction of sp³-hybridized carbons (Fsp3) is 0.111. The number of hydrogen-bond donors (Lipinski definition) is 0. The normalized spacial score (nSPS) is 11.0. The third kappa shape index (κ3) is 4.30. The Morgan fingerprint density at radius 3 is 2.37 bits per heavy atom. The molecule has 136 valence electrons. The van der Waals surface area contributed by atoms with Crippen molar-refractivity contribution in [2.75, 3.05) is 0 Å². The molecule has 0 fully saturated rings. The maximum absolute atomic E-state index is 12.6. The van der Waals surface area contributed by atoms with Crippen molar-refractivity contribution in [3.8, 4) is 17.5 Å². The summed E-state index contributed by atoms with van der Waals surface area (Å²) < 4.78 is 47.7. The molecule has 0 aliphatic carbocycles. The van der Waals surface area contributed by atoms with Crippen molar-refractivity contribution in [2.24, 2.45) is 0 Å². The molecule has 0 unspecified atom stereocenters. The molecule has 3 aromatic rings. The van der Waals surface area contributed by atoms with Gasteiger partial charge in [0.05, 0.1) is 22.8 Å². The molecule has 2 aromatic carbocycles. The van der Waals surface area contributed by atoms with E-state index in [1.165, 1.54) is 36.4 Å². The lowest BCUT2D eigenvalue weighted by atomic mass is 10.1. The summed E-state index contributed by atoms with van der Waals surface area (Å²) >= 11 is 0. The zero-order valence-corrected chi connectivity index (χ0v) is 13.5. The van der Waals surface area contributed by atoms with Gasteiger partial charge in [-0.15, -0.1) is 0 Å². The van der Waals surface area contributed by atoms with Crippen LogP contribution in [0.1, 0.15) is 27.4 Å². The van der Waals surface area contributed by atoms with E-state index in [2.05, 4.69) is 10.1 Å². The van der Waals surface area contributed by atoms with Crippen LogP contribution in [0.5, 0.6) is 0 Å². The van der Waals surface area contributed by atoms with E-state index in [0.29, 0.717) is 11.1 Å². The van der Waals surface area contributed by atoms with Crippen LogP contribution in [0.25, 0.3) is 11.4 Å². The number of hydrogen-bond acceptors (Lipinski definition) is 6. The molecular weight excluding hydrogens is 363 g/mol. The van der Waals surface area contributed by atoms with E-state index in [1.54, 1.807) is 0 Å². The van der Waals surface area contributed by atoms with Gasteiger partial charge in [-0.05, 0) is 36.4 Å². The number of nitriles is 1. The fourth-order valence-corrected chi connectivity index (χ4v) is 2.13. The lowest BCUT2D eigenvalue weighted by Gasteiger charge is -2.05. The van der Waals surface area contributed by atoms with Gasteiger partial charge in [0.15, 0.2) is 6.61 Å². The summed E-state index contributed by atoms with van der Waals surface area (Å²) in [5.74, 6) is -0.575. The Balaban J connectivity index is 1.64. The lowest BCUT2D eigenvalue weighted by molar-refractivity contribution is -0.137. The smallest absolute Gasteiger partial charge is 0.416 e. The van der Waals surface area contributed by atoms with E-state index in [4.69, 9.17) is 14.5 Å². The number of benzene rings is 2. The number of carbonyl (C=O) groups excluding carboxylic acids is 1. The molecule has 27 heavy (non-hydrogen) atoms. The molecule has 0 N–H and O–H groups in total. The van der Waals surface area contributed by atoms with E-state index in [0.717, 1.165) is 12.1 Å². The molecule has 0 atom stereocenters. The minimum atomic E-state index is -4.43. The van der Waals surface area contributed by atoms with Crippen LogP contribution in [0, 0.1) is 11.3 Å². The number of halogens is 3. The van der Waals surface area contributed by atoms with E-state index in [-0.39, 0.29) is 23.9 Å². The van der Waals surface area contributed by atoms with E-state index < -0.39 is 17.7 Å². The third-order valence-electron chi connectivity index (χ3n) is 3.51. The van der Waals surface area contributed by atoms with Crippen molar-refractivity contribution >= 4 is 5.97 Å². The first kappa shape index (κ1) is 18.1.